The highest BCUT2D eigenvalue weighted by Crippen LogP contribution is 2.21. The third kappa shape index (κ3) is 3.20. The van der Waals surface area contributed by atoms with Crippen molar-refractivity contribution in [2.45, 2.75) is 13.3 Å². The van der Waals surface area contributed by atoms with Gasteiger partial charge >= 0.3 is 0 Å². The van der Waals surface area contributed by atoms with E-state index in [1.807, 2.05) is 16.8 Å². The van der Waals surface area contributed by atoms with Crippen LogP contribution in [0.4, 0.5) is 10.1 Å². The number of thiophene rings is 1. The summed E-state index contributed by atoms with van der Waals surface area (Å²) in [5, 5.41) is 14.3. The largest absolute Gasteiger partial charge is 0.420 e. The van der Waals surface area contributed by atoms with Gasteiger partial charge in [-0.1, -0.05) is 0 Å². The second kappa shape index (κ2) is 6.07. The molecular weight excluding hydrogens is 305 g/mol. The van der Waals surface area contributed by atoms with E-state index in [1.165, 1.54) is 29.5 Å². The Labute approximate surface area is 129 Å². The van der Waals surface area contributed by atoms with Gasteiger partial charge in [0.1, 0.15) is 12.2 Å². The zero-order chi connectivity index (χ0) is 15.5. The van der Waals surface area contributed by atoms with E-state index in [0.29, 0.717) is 17.1 Å². The van der Waals surface area contributed by atoms with Crippen molar-refractivity contribution >= 4 is 22.9 Å². The number of nitrogens with one attached hydrogen (secondary N) is 1. The third-order valence-electron chi connectivity index (χ3n) is 3.01. The van der Waals surface area contributed by atoms with E-state index in [-0.39, 0.29) is 24.0 Å². The van der Waals surface area contributed by atoms with Crippen LogP contribution >= 0.6 is 11.3 Å². The van der Waals surface area contributed by atoms with Crippen molar-refractivity contribution in [2.75, 3.05) is 5.32 Å². The minimum absolute atomic E-state index is 0.0338. The van der Waals surface area contributed by atoms with Gasteiger partial charge in [0.15, 0.2) is 0 Å². The normalized spacial score (nSPS) is 10.6. The number of benzene rings is 1. The van der Waals surface area contributed by atoms with Crippen molar-refractivity contribution in [2.24, 2.45) is 0 Å². The molecule has 1 N–H and O–H groups in total. The first kappa shape index (κ1) is 14.4. The lowest BCUT2D eigenvalue weighted by molar-refractivity contribution is -0.115. The van der Waals surface area contributed by atoms with Gasteiger partial charge in [-0.05, 0) is 42.1 Å². The molecule has 3 rings (SSSR count). The third-order valence-corrected chi connectivity index (χ3v) is 3.69. The summed E-state index contributed by atoms with van der Waals surface area (Å²) in [6.45, 7) is 1.72. The number of aryl methyl sites for hydroxylation is 1. The number of rotatable bonds is 4. The molecule has 0 saturated heterocycles. The molecule has 112 valence electrons. The molecule has 0 atom stereocenters. The topological polar surface area (TPSA) is 68.0 Å². The predicted molar refractivity (Wildman–Crippen MR) is 81.1 cm³/mol. The standard InChI is InChI=1S/C15H12FN3O2S/c1-9-6-11(16)2-3-12(9)17-13(20)7-14-18-19-15(21-14)10-4-5-22-8-10/h2-6,8H,7H2,1H3,(H,17,20). The molecule has 2 heterocycles. The molecule has 0 unspecified atom stereocenters. The van der Waals surface area contributed by atoms with Crippen LogP contribution in [0.2, 0.25) is 0 Å². The van der Waals surface area contributed by atoms with Crippen LogP contribution in [0.15, 0.2) is 39.4 Å². The average Bonchev–Trinajstić information content (AvgIpc) is 3.12. The smallest absolute Gasteiger partial charge is 0.248 e. The lowest BCUT2D eigenvalue weighted by atomic mass is 10.2. The van der Waals surface area contributed by atoms with E-state index in [0.717, 1.165) is 5.56 Å². The molecule has 0 bridgehead atoms. The molecule has 0 fully saturated rings. The quantitative estimate of drug-likeness (QED) is 0.800. The number of nitrogens with zero attached hydrogens (tertiary/aromatic N) is 2. The van der Waals surface area contributed by atoms with Gasteiger partial charge in [-0.3, -0.25) is 4.79 Å². The number of aromatic nitrogens is 2. The number of hydrogen-bond acceptors (Lipinski definition) is 5. The Bertz CT molecular complexity index is 799. The Kier molecular flexibility index (Phi) is 3.97. The summed E-state index contributed by atoms with van der Waals surface area (Å²) >= 11 is 1.52. The maximum absolute atomic E-state index is 13.0. The molecule has 0 aliphatic heterocycles. The van der Waals surface area contributed by atoms with Gasteiger partial charge in [-0.15, -0.1) is 10.2 Å². The number of anilines is 1. The van der Waals surface area contributed by atoms with Crippen LogP contribution in [0, 0.1) is 12.7 Å². The molecular formula is C15H12FN3O2S. The van der Waals surface area contributed by atoms with Crippen LogP contribution in [0.25, 0.3) is 11.5 Å². The SMILES string of the molecule is Cc1cc(F)ccc1NC(=O)Cc1nnc(-c2ccsc2)o1. The zero-order valence-electron chi connectivity index (χ0n) is 11.7. The van der Waals surface area contributed by atoms with E-state index in [9.17, 15) is 9.18 Å². The van der Waals surface area contributed by atoms with Crippen molar-refractivity contribution in [1.82, 2.24) is 10.2 Å². The lowest BCUT2D eigenvalue weighted by Crippen LogP contribution is -2.15. The van der Waals surface area contributed by atoms with Gasteiger partial charge < -0.3 is 9.73 Å². The van der Waals surface area contributed by atoms with E-state index >= 15 is 0 Å². The van der Waals surface area contributed by atoms with Crippen molar-refractivity contribution in [1.29, 1.82) is 0 Å². The molecule has 0 spiro atoms. The summed E-state index contributed by atoms with van der Waals surface area (Å²) in [4.78, 5) is 12.0. The predicted octanol–water partition coefficient (Wildman–Crippen LogP) is 3.43. The number of carbonyl (C=O) groups excluding carboxylic acids is 1. The second-order valence-corrected chi connectivity index (χ2v) is 5.48. The molecule has 1 amide bonds. The molecule has 7 heteroatoms. The summed E-state index contributed by atoms with van der Waals surface area (Å²) in [5.74, 6) is -0.0106. The number of halogens is 1. The second-order valence-electron chi connectivity index (χ2n) is 4.70. The Morgan fingerprint density at radius 3 is 2.95 bits per heavy atom. The van der Waals surface area contributed by atoms with E-state index in [1.54, 1.807) is 6.92 Å². The molecule has 0 saturated carbocycles. The number of carbonyl (C=O) groups is 1. The van der Waals surface area contributed by atoms with Crippen LogP contribution in [0.5, 0.6) is 0 Å². The minimum Gasteiger partial charge on any atom is -0.420 e. The summed E-state index contributed by atoms with van der Waals surface area (Å²) in [7, 11) is 0. The zero-order valence-corrected chi connectivity index (χ0v) is 12.5. The van der Waals surface area contributed by atoms with Crippen molar-refractivity contribution < 1.29 is 13.6 Å². The van der Waals surface area contributed by atoms with Gasteiger partial charge in [-0.2, -0.15) is 11.3 Å². The molecule has 3 aromatic rings. The van der Waals surface area contributed by atoms with Crippen molar-refractivity contribution in [3.8, 4) is 11.5 Å². The molecule has 1 aromatic carbocycles. The fourth-order valence-electron chi connectivity index (χ4n) is 1.93. The van der Waals surface area contributed by atoms with Crippen molar-refractivity contribution in [3.63, 3.8) is 0 Å². The van der Waals surface area contributed by atoms with E-state index < -0.39 is 0 Å². The van der Waals surface area contributed by atoms with Crippen LogP contribution in [-0.2, 0) is 11.2 Å². The fraction of sp³-hybridized carbons (Fsp3) is 0.133. The van der Waals surface area contributed by atoms with Gasteiger partial charge in [0, 0.05) is 16.6 Å². The molecule has 5 nitrogen and oxygen atoms in total. The Balaban J connectivity index is 1.67. The highest BCUT2D eigenvalue weighted by Gasteiger charge is 2.13. The molecule has 0 radical (unpaired) electrons. The fourth-order valence-corrected chi connectivity index (χ4v) is 2.56. The van der Waals surface area contributed by atoms with Gasteiger partial charge in [0.05, 0.1) is 0 Å². The first-order valence-electron chi connectivity index (χ1n) is 6.53. The van der Waals surface area contributed by atoms with Crippen molar-refractivity contribution in [3.05, 3.63) is 52.3 Å². The maximum atomic E-state index is 13.0. The van der Waals surface area contributed by atoms with Crippen LogP contribution in [0.3, 0.4) is 0 Å². The highest BCUT2D eigenvalue weighted by atomic mass is 32.1. The van der Waals surface area contributed by atoms with Gasteiger partial charge in [0.2, 0.25) is 17.7 Å². The van der Waals surface area contributed by atoms with Crippen LogP contribution in [0.1, 0.15) is 11.5 Å². The Morgan fingerprint density at radius 2 is 2.23 bits per heavy atom. The van der Waals surface area contributed by atoms with E-state index in [2.05, 4.69) is 15.5 Å². The summed E-state index contributed by atoms with van der Waals surface area (Å²) in [5.41, 5.74) is 2.04. The number of amides is 1. The minimum atomic E-state index is -0.340. The van der Waals surface area contributed by atoms with E-state index in [4.69, 9.17) is 4.42 Å². The lowest BCUT2D eigenvalue weighted by Gasteiger charge is -2.06. The average molecular weight is 317 g/mol. The Morgan fingerprint density at radius 1 is 1.36 bits per heavy atom. The van der Waals surface area contributed by atoms with Crippen LogP contribution in [-0.4, -0.2) is 16.1 Å². The first-order valence-corrected chi connectivity index (χ1v) is 7.47. The van der Waals surface area contributed by atoms with Gasteiger partial charge in [0.25, 0.3) is 0 Å². The molecule has 2 aromatic heterocycles. The van der Waals surface area contributed by atoms with Crippen LogP contribution < -0.4 is 5.32 Å². The maximum Gasteiger partial charge on any atom is 0.248 e. The Hall–Kier alpha value is -2.54. The summed E-state index contributed by atoms with van der Waals surface area (Å²) in [6.07, 6.45) is -0.0338. The molecule has 0 aliphatic rings. The molecule has 0 aliphatic carbocycles. The number of hydrogen-bond donors (Lipinski definition) is 1. The summed E-state index contributed by atoms with van der Waals surface area (Å²) in [6, 6.07) is 6.04. The van der Waals surface area contributed by atoms with Gasteiger partial charge in [-0.25, -0.2) is 4.39 Å². The summed E-state index contributed by atoms with van der Waals surface area (Å²) < 4.78 is 18.5. The monoisotopic (exact) mass is 317 g/mol. The first-order chi connectivity index (χ1) is 10.6. The molecule has 22 heavy (non-hydrogen) atoms. The highest BCUT2D eigenvalue weighted by molar-refractivity contribution is 7.08.